The van der Waals surface area contributed by atoms with Crippen LogP contribution < -0.4 is 17.2 Å². The molecule has 1 aliphatic carbocycles. The number of aliphatic hydroxyl groups is 7. The molecule has 14 atom stereocenters. The normalized spacial score (nSPS) is 53.6. The van der Waals surface area contributed by atoms with Crippen molar-refractivity contribution in [1.82, 2.24) is 0 Å². The van der Waals surface area contributed by atoms with Crippen molar-refractivity contribution in [2.24, 2.45) is 17.2 Å². The number of hydrogen-bond acceptors (Lipinski definition) is 14. The SMILES string of the molecule is NC1C[C@@H](N)C(O)[C@@H](O)[C@@H]1O[C@H]1OC(CO)[C@@H](O)[C@H](O[C@@H]2O[C@H](CO)C(O)[C@@H]2O)C1N. The molecule has 1 saturated carbocycles. The van der Waals surface area contributed by atoms with Crippen LogP contribution in [0, 0.1) is 0 Å². The molecule has 13 N–H and O–H groups in total. The molecular formula is C17H33N3O11. The Morgan fingerprint density at radius 1 is 0.645 bits per heavy atom. The van der Waals surface area contributed by atoms with E-state index in [0.717, 1.165) is 0 Å². The van der Waals surface area contributed by atoms with Gasteiger partial charge in [0.15, 0.2) is 12.6 Å². The lowest BCUT2D eigenvalue weighted by molar-refractivity contribution is -0.317. The van der Waals surface area contributed by atoms with Crippen LogP contribution in [-0.2, 0) is 18.9 Å². The third-order valence-electron chi connectivity index (χ3n) is 6.07. The van der Waals surface area contributed by atoms with E-state index in [1.54, 1.807) is 0 Å². The number of aliphatic hydroxyl groups excluding tert-OH is 7. The zero-order valence-corrected chi connectivity index (χ0v) is 16.7. The Bertz CT molecular complexity index is 592. The molecule has 0 spiro atoms. The van der Waals surface area contributed by atoms with Crippen molar-refractivity contribution in [2.75, 3.05) is 13.2 Å². The van der Waals surface area contributed by atoms with Gasteiger partial charge in [0.1, 0.15) is 48.8 Å². The summed E-state index contributed by atoms with van der Waals surface area (Å²) in [6, 6.07) is -2.73. The molecule has 3 aliphatic rings. The van der Waals surface area contributed by atoms with Crippen LogP contribution in [0.5, 0.6) is 0 Å². The minimum absolute atomic E-state index is 0.152. The van der Waals surface area contributed by atoms with Crippen molar-refractivity contribution in [3.63, 3.8) is 0 Å². The Labute approximate surface area is 178 Å². The predicted molar refractivity (Wildman–Crippen MR) is 99.8 cm³/mol. The molecule has 31 heavy (non-hydrogen) atoms. The molecule has 2 saturated heterocycles. The smallest absolute Gasteiger partial charge is 0.187 e. The average Bonchev–Trinajstić information content (AvgIpc) is 3.01. The predicted octanol–water partition coefficient (Wildman–Crippen LogP) is -6.62. The van der Waals surface area contributed by atoms with E-state index in [-0.39, 0.29) is 6.42 Å². The Balaban J connectivity index is 1.74. The highest BCUT2D eigenvalue weighted by molar-refractivity contribution is 5.00. The van der Waals surface area contributed by atoms with Crippen LogP contribution in [0.3, 0.4) is 0 Å². The standard InChI is InChI=1S/C17H33N3O11/c18-4-1-5(19)14(12(26)9(4)23)30-16-8(20)15(11(25)7(3-22)28-16)31-17-13(27)10(24)6(2-21)29-17/h4-17,21-27H,1-3,18-20H2/t4-,5?,6-,7?,8?,9?,10?,11-,12-,13+,14-,15-,16-,17+/m1/s1. The van der Waals surface area contributed by atoms with Gasteiger partial charge in [-0.25, -0.2) is 0 Å². The summed E-state index contributed by atoms with van der Waals surface area (Å²) in [6.45, 7) is -1.22. The summed E-state index contributed by atoms with van der Waals surface area (Å²) in [5.41, 5.74) is 17.9. The average molecular weight is 455 g/mol. The van der Waals surface area contributed by atoms with Crippen LogP contribution in [0.4, 0.5) is 0 Å². The van der Waals surface area contributed by atoms with Crippen LogP contribution >= 0.6 is 0 Å². The topological polar surface area (TPSA) is 257 Å². The first kappa shape index (κ1) is 25.1. The van der Waals surface area contributed by atoms with Gasteiger partial charge in [-0.05, 0) is 6.42 Å². The van der Waals surface area contributed by atoms with E-state index in [2.05, 4.69) is 0 Å². The number of rotatable bonds is 6. The van der Waals surface area contributed by atoms with E-state index in [1.807, 2.05) is 0 Å². The molecular weight excluding hydrogens is 422 g/mol. The summed E-state index contributed by atoms with van der Waals surface area (Å²) in [5, 5.41) is 69.7. The van der Waals surface area contributed by atoms with Gasteiger partial charge in [-0.3, -0.25) is 0 Å². The van der Waals surface area contributed by atoms with Gasteiger partial charge < -0.3 is 71.9 Å². The first-order chi connectivity index (χ1) is 14.6. The molecule has 182 valence electrons. The van der Waals surface area contributed by atoms with Gasteiger partial charge in [-0.2, -0.15) is 0 Å². The Hall–Kier alpha value is -0.560. The van der Waals surface area contributed by atoms with Gasteiger partial charge in [0.2, 0.25) is 0 Å². The quantitative estimate of drug-likeness (QED) is 0.179. The molecule has 0 bridgehead atoms. The molecule has 0 radical (unpaired) electrons. The van der Waals surface area contributed by atoms with Crippen molar-refractivity contribution in [3.8, 4) is 0 Å². The number of nitrogens with two attached hydrogens (primary N) is 3. The maximum absolute atomic E-state index is 10.5. The van der Waals surface area contributed by atoms with Crippen molar-refractivity contribution in [1.29, 1.82) is 0 Å². The third kappa shape index (κ3) is 4.87. The van der Waals surface area contributed by atoms with Gasteiger partial charge in [-0.15, -0.1) is 0 Å². The largest absolute Gasteiger partial charge is 0.394 e. The van der Waals surface area contributed by atoms with Gasteiger partial charge in [0, 0.05) is 12.1 Å². The molecule has 2 heterocycles. The van der Waals surface area contributed by atoms with Gasteiger partial charge >= 0.3 is 0 Å². The molecule has 2 aliphatic heterocycles. The van der Waals surface area contributed by atoms with E-state index >= 15 is 0 Å². The molecule has 3 fully saturated rings. The summed E-state index contributed by atoms with van der Waals surface area (Å²) < 4.78 is 22.1. The monoisotopic (exact) mass is 455 g/mol. The number of ether oxygens (including phenoxy) is 4. The summed E-state index contributed by atoms with van der Waals surface area (Å²) in [7, 11) is 0. The lowest BCUT2D eigenvalue weighted by Crippen LogP contribution is -2.68. The fraction of sp³-hybridized carbons (Fsp3) is 1.00. The first-order valence-corrected chi connectivity index (χ1v) is 10.1. The summed E-state index contributed by atoms with van der Waals surface area (Å²) in [6.07, 6.45) is -14.5. The van der Waals surface area contributed by atoms with Gasteiger partial charge in [0.05, 0.1) is 25.4 Å². The molecule has 14 nitrogen and oxygen atoms in total. The highest BCUT2D eigenvalue weighted by Gasteiger charge is 2.52. The Morgan fingerprint density at radius 2 is 1.19 bits per heavy atom. The van der Waals surface area contributed by atoms with Crippen LogP contribution in [0.2, 0.25) is 0 Å². The molecule has 5 unspecified atom stereocenters. The Morgan fingerprint density at radius 3 is 1.77 bits per heavy atom. The molecule has 0 aromatic rings. The lowest BCUT2D eigenvalue weighted by atomic mass is 9.84. The van der Waals surface area contributed by atoms with Gasteiger partial charge in [0.25, 0.3) is 0 Å². The third-order valence-corrected chi connectivity index (χ3v) is 6.07. The lowest BCUT2D eigenvalue weighted by Gasteiger charge is -2.47. The zero-order valence-electron chi connectivity index (χ0n) is 16.7. The molecule has 3 rings (SSSR count). The molecule has 0 aromatic carbocycles. The van der Waals surface area contributed by atoms with E-state index in [0.29, 0.717) is 0 Å². The van der Waals surface area contributed by atoms with E-state index < -0.39 is 98.9 Å². The number of hydrogen-bond donors (Lipinski definition) is 10. The van der Waals surface area contributed by atoms with Crippen molar-refractivity contribution in [2.45, 2.75) is 92.1 Å². The van der Waals surface area contributed by atoms with E-state index in [1.165, 1.54) is 0 Å². The van der Waals surface area contributed by atoms with Crippen LogP contribution in [0.15, 0.2) is 0 Å². The van der Waals surface area contributed by atoms with Gasteiger partial charge in [-0.1, -0.05) is 0 Å². The molecule has 0 amide bonds. The summed E-state index contributed by atoms with van der Waals surface area (Å²) >= 11 is 0. The van der Waals surface area contributed by atoms with E-state index in [4.69, 9.17) is 36.1 Å². The Kier molecular flexibility index (Phi) is 8.21. The maximum Gasteiger partial charge on any atom is 0.187 e. The first-order valence-electron chi connectivity index (χ1n) is 10.1. The molecule has 14 heteroatoms. The minimum atomic E-state index is -1.53. The second kappa shape index (κ2) is 10.1. The maximum atomic E-state index is 10.5. The fourth-order valence-electron chi connectivity index (χ4n) is 4.14. The highest BCUT2D eigenvalue weighted by atomic mass is 16.7. The van der Waals surface area contributed by atoms with E-state index in [9.17, 15) is 35.7 Å². The summed E-state index contributed by atoms with van der Waals surface area (Å²) in [5.74, 6) is 0. The molecule has 0 aromatic heterocycles. The zero-order chi connectivity index (χ0) is 23.0. The van der Waals surface area contributed by atoms with Crippen molar-refractivity contribution in [3.05, 3.63) is 0 Å². The second-order valence-corrected chi connectivity index (χ2v) is 8.25. The highest BCUT2D eigenvalue weighted by Crippen LogP contribution is 2.31. The van der Waals surface area contributed by atoms with Crippen molar-refractivity contribution < 1.29 is 54.7 Å². The summed E-state index contributed by atoms with van der Waals surface area (Å²) in [4.78, 5) is 0. The van der Waals surface area contributed by atoms with Crippen LogP contribution in [0.1, 0.15) is 6.42 Å². The second-order valence-electron chi connectivity index (χ2n) is 8.25. The van der Waals surface area contributed by atoms with Crippen molar-refractivity contribution >= 4 is 0 Å². The van der Waals surface area contributed by atoms with Crippen LogP contribution in [-0.4, -0.2) is 135 Å². The minimum Gasteiger partial charge on any atom is -0.394 e. The fourth-order valence-corrected chi connectivity index (χ4v) is 4.14. The van der Waals surface area contributed by atoms with Crippen LogP contribution in [0.25, 0.3) is 0 Å².